The van der Waals surface area contributed by atoms with E-state index < -0.39 is 11.9 Å². The van der Waals surface area contributed by atoms with Crippen molar-refractivity contribution >= 4 is 35.3 Å². The zero-order valence-electron chi connectivity index (χ0n) is 16.9. The highest BCUT2D eigenvalue weighted by atomic mass is 35.5. The number of aliphatic carboxylic acids is 1. The quantitative estimate of drug-likeness (QED) is 0.131. The molecular weight excluding hydrogens is 446 g/mol. The van der Waals surface area contributed by atoms with Gasteiger partial charge in [-0.3, -0.25) is 9.59 Å². The second-order valence-electron chi connectivity index (χ2n) is 6.76. The van der Waals surface area contributed by atoms with Crippen LogP contribution in [-0.4, -0.2) is 45.4 Å². The molecule has 0 unspecified atom stereocenters. The Kier molecular flexibility index (Phi) is 8.30. The summed E-state index contributed by atoms with van der Waals surface area (Å²) in [5, 5.41) is 9.50. The minimum absolute atomic E-state index is 0.0288. The monoisotopic (exact) mass is 467 g/mol. The maximum Gasteiger partial charge on any atom is 0.308 e. The zero-order valence-corrected chi connectivity index (χ0v) is 18.5. The van der Waals surface area contributed by atoms with E-state index in [1.807, 2.05) is 13.0 Å². The number of esters is 1. The number of halogens is 1. The Morgan fingerprint density at radius 3 is 2.87 bits per heavy atom. The van der Waals surface area contributed by atoms with E-state index in [0.29, 0.717) is 53.7 Å². The first-order valence-electron chi connectivity index (χ1n) is 9.70. The Balaban J connectivity index is 1.56. The lowest BCUT2D eigenvalue weighted by atomic mass is 10.2. The highest BCUT2D eigenvalue weighted by molar-refractivity contribution is 7.98. The molecule has 11 heteroatoms. The number of ether oxygens (including phenoxy) is 3. The van der Waals surface area contributed by atoms with Crippen molar-refractivity contribution in [1.82, 2.24) is 15.0 Å². The van der Waals surface area contributed by atoms with Gasteiger partial charge in [-0.05, 0) is 31.4 Å². The Morgan fingerprint density at radius 2 is 2.10 bits per heavy atom. The number of rotatable bonds is 11. The molecule has 9 nitrogen and oxygen atoms in total. The summed E-state index contributed by atoms with van der Waals surface area (Å²) in [6.45, 7) is 2.14. The molecule has 0 spiro atoms. The van der Waals surface area contributed by atoms with Gasteiger partial charge >= 0.3 is 11.9 Å². The number of pyridine rings is 1. The first-order valence-corrected chi connectivity index (χ1v) is 11.1. The lowest BCUT2D eigenvalue weighted by Crippen LogP contribution is -2.12. The van der Waals surface area contributed by atoms with Crippen LogP contribution < -0.4 is 9.47 Å². The number of carboxylic acid groups (broad SMARTS) is 1. The second-order valence-corrected chi connectivity index (χ2v) is 8.06. The highest BCUT2D eigenvalue weighted by Gasteiger charge is 2.23. The van der Waals surface area contributed by atoms with E-state index in [1.54, 1.807) is 6.20 Å². The van der Waals surface area contributed by atoms with Crippen molar-refractivity contribution in [2.75, 3.05) is 13.4 Å². The molecule has 2 aromatic heterocycles. The Labute approximate surface area is 188 Å². The van der Waals surface area contributed by atoms with Crippen LogP contribution in [0.15, 0.2) is 17.4 Å². The van der Waals surface area contributed by atoms with E-state index in [2.05, 4.69) is 15.0 Å². The van der Waals surface area contributed by atoms with Crippen molar-refractivity contribution in [1.29, 1.82) is 0 Å². The summed E-state index contributed by atoms with van der Waals surface area (Å²) in [5.74, 6) is -0.0313. The van der Waals surface area contributed by atoms with E-state index in [4.69, 9.17) is 30.9 Å². The van der Waals surface area contributed by atoms with Gasteiger partial charge < -0.3 is 19.3 Å². The molecule has 0 fully saturated rings. The third kappa shape index (κ3) is 6.70. The highest BCUT2D eigenvalue weighted by Crippen LogP contribution is 2.34. The first-order chi connectivity index (χ1) is 14.9. The van der Waals surface area contributed by atoms with E-state index in [1.165, 1.54) is 11.8 Å². The molecule has 1 N–H and O–H groups in total. The fraction of sp³-hybridized carbons (Fsp3) is 0.450. The molecule has 1 aliphatic rings. The second kappa shape index (κ2) is 11.1. The van der Waals surface area contributed by atoms with Crippen LogP contribution in [0.25, 0.3) is 0 Å². The summed E-state index contributed by atoms with van der Waals surface area (Å²) in [4.78, 5) is 35.2. The molecule has 0 amide bonds. The number of carbonyl (C=O) groups excluding carboxylic acids is 1. The summed E-state index contributed by atoms with van der Waals surface area (Å²) in [5.41, 5.74) is 2.66. The average molecular weight is 468 g/mol. The number of carbonyl (C=O) groups is 2. The largest absolute Gasteiger partial charge is 0.481 e. The Morgan fingerprint density at radius 1 is 1.29 bits per heavy atom. The average Bonchev–Trinajstić information content (AvgIpc) is 3.19. The molecule has 0 saturated heterocycles. The molecule has 0 aromatic carbocycles. The summed E-state index contributed by atoms with van der Waals surface area (Å²) >= 11 is 7.56. The number of hydrogen-bond donors (Lipinski definition) is 1. The van der Waals surface area contributed by atoms with Gasteiger partial charge in [0.25, 0.3) is 0 Å². The van der Waals surface area contributed by atoms with Crippen LogP contribution in [0.5, 0.6) is 11.8 Å². The van der Waals surface area contributed by atoms with Gasteiger partial charge in [-0.1, -0.05) is 23.4 Å². The molecule has 1 aliphatic heterocycles. The lowest BCUT2D eigenvalue weighted by molar-refractivity contribution is -0.150. The van der Waals surface area contributed by atoms with Crippen LogP contribution in [0.2, 0.25) is 5.15 Å². The molecular formula is C20H22ClN3O6S. The molecule has 0 bridgehead atoms. The molecule has 3 rings (SSSR count). The van der Waals surface area contributed by atoms with Crippen LogP contribution in [0.4, 0.5) is 0 Å². The van der Waals surface area contributed by atoms with Crippen LogP contribution in [0.1, 0.15) is 42.4 Å². The third-order valence-corrected chi connectivity index (χ3v) is 5.72. The van der Waals surface area contributed by atoms with Crippen molar-refractivity contribution < 1.29 is 28.9 Å². The summed E-state index contributed by atoms with van der Waals surface area (Å²) in [7, 11) is 0. The number of hydrogen-bond acceptors (Lipinski definition) is 9. The molecule has 0 aliphatic carbocycles. The van der Waals surface area contributed by atoms with Gasteiger partial charge in [-0.15, -0.1) is 0 Å². The van der Waals surface area contributed by atoms with Crippen molar-refractivity contribution in [3.8, 4) is 11.8 Å². The molecule has 166 valence electrons. The Bertz CT molecular complexity index is 939. The maximum atomic E-state index is 11.8. The summed E-state index contributed by atoms with van der Waals surface area (Å²) in [6, 6.07) is 1.89. The molecule has 3 heterocycles. The maximum absolute atomic E-state index is 11.8. The normalized spacial score (nSPS) is 12.2. The Hall–Kier alpha value is -2.59. The van der Waals surface area contributed by atoms with Gasteiger partial charge in [0.15, 0.2) is 5.16 Å². The number of fused-ring (bicyclic) bond motifs is 1. The number of carboxylic acids is 1. The van der Waals surface area contributed by atoms with Crippen molar-refractivity contribution in [2.45, 2.75) is 49.9 Å². The first kappa shape index (κ1) is 23.1. The predicted octanol–water partition coefficient (Wildman–Crippen LogP) is 3.59. The molecule has 0 saturated carbocycles. The smallest absolute Gasteiger partial charge is 0.308 e. The van der Waals surface area contributed by atoms with Crippen LogP contribution in [0.3, 0.4) is 0 Å². The predicted molar refractivity (Wildman–Crippen MR) is 112 cm³/mol. The van der Waals surface area contributed by atoms with Gasteiger partial charge in [0.05, 0.1) is 12.2 Å². The number of nitrogens with zero attached hydrogens (tertiary/aromatic N) is 3. The van der Waals surface area contributed by atoms with Gasteiger partial charge in [-0.25, -0.2) is 4.98 Å². The minimum Gasteiger partial charge on any atom is -0.481 e. The fourth-order valence-electron chi connectivity index (χ4n) is 2.83. The van der Waals surface area contributed by atoms with E-state index in [-0.39, 0.29) is 19.6 Å². The third-order valence-electron chi connectivity index (χ3n) is 4.52. The standard InChI is InChI=1S/C20H22ClN3O6S/c1-12-6-8-22-17(21)14(12)10-31-20-23-18-13(7-9-28-18)19(24-20)30-11-29-16(27)5-3-2-4-15(25)26/h6,8H,2-5,7,9-11H2,1H3,(H,25,26). The topological polar surface area (TPSA) is 121 Å². The number of aromatic nitrogens is 3. The van der Waals surface area contributed by atoms with Gasteiger partial charge in [0.1, 0.15) is 5.15 Å². The SMILES string of the molecule is Cc1ccnc(Cl)c1CSc1nc2c(c(OCOC(=O)CCCCC(=O)O)n1)CCO2. The van der Waals surface area contributed by atoms with Gasteiger partial charge in [0, 0.05) is 36.8 Å². The number of aryl methyl sites for hydroxylation is 1. The number of unbranched alkanes of at least 4 members (excludes halogenated alkanes) is 1. The van der Waals surface area contributed by atoms with Crippen LogP contribution in [0, 0.1) is 6.92 Å². The van der Waals surface area contributed by atoms with Crippen molar-refractivity contribution in [3.05, 3.63) is 34.1 Å². The summed E-state index contributed by atoms with van der Waals surface area (Å²) in [6.07, 6.45) is 3.29. The van der Waals surface area contributed by atoms with E-state index in [9.17, 15) is 9.59 Å². The molecule has 0 radical (unpaired) electrons. The van der Waals surface area contributed by atoms with Crippen molar-refractivity contribution in [2.24, 2.45) is 0 Å². The van der Waals surface area contributed by atoms with E-state index in [0.717, 1.165) is 16.7 Å². The van der Waals surface area contributed by atoms with Crippen LogP contribution in [-0.2, 0) is 26.5 Å². The fourth-order valence-corrected chi connectivity index (χ4v) is 4.11. The van der Waals surface area contributed by atoms with E-state index >= 15 is 0 Å². The van der Waals surface area contributed by atoms with Gasteiger partial charge in [-0.2, -0.15) is 9.97 Å². The van der Waals surface area contributed by atoms with Crippen molar-refractivity contribution in [3.63, 3.8) is 0 Å². The molecule has 2 aromatic rings. The molecule has 0 atom stereocenters. The minimum atomic E-state index is -0.883. The van der Waals surface area contributed by atoms with Crippen LogP contribution >= 0.6 is 23.4 Å². The number of thioether (sulfide) groups is 1. The van der Waals surface area contributed by atoms with Gasteiger partial charge in [0.2, 0.25) is 18.6 Å². The summed E-state index contributed by atoms with van der Waals surface area (Å²) < 4.78 is 16.2. The lowest BCUT2D eigenvalue weighted by Gasteiger charge is -2.11. The molecule has 31 heavy (non-hydrogen) atoms. The zero-order chi connectivity index (χ0) is 22.2.